The monoisotopic (exact) mass is 328 g/mol. The minimum Gasteiger partial charge on any atom is -0.432 e. The van der Waals surface area contributed by atoms with Crippen LogP contribution in [0.5, 0.6) is 0 Å². The summed E-state index contributed by atoms with van der Waals surface area (Å²) in [5.74, 6) is 0.297. The summed E-state index contributed by atoms with van der Waals surface area (Å²) in [5.41, 5.74) is 1.68. The summed E-state index contributed by atoms with van der Waals surface area (Å²) in [6.07, 6.45) is 3.38. The van der Waals surface area contributed by atoms with Crippen molar-refractivity contribution in [1.29, 1.82) is 0 Å². The molecule has 80 valence electrons. The van der Waals surface area contributed by atoms with Gasteiger partial charge in [0.2, 0.25) is 0 Å². The number of hydrogen-bond donors (Lipinski definition) is 0. The summed E-state index contributed by atoms with van der Waals surface area (Å²) >= 11 is 2.19. The zero-order valence-corrected chi connectivity index (χ0v) is 10.2. The first-order chi connectivity index (χ1) is 7.75. The van der Waals surface area contributed by atoms with E-state index in [4.69, 9.17) is 4.42 Å². The Bertz CT molecular complexity index is 642. The fraction of sp³-hybridized carbons (Fsp3) is 0. The van der Waals surface area contributed by atoms with Crippen molar-refractivity contribution in [3.05, 3.63) is 46.2 Å². The lowest BCUT2D eigenvalue weighted by Gasteiger charge is -1.97. The molecule has 0 spiro atoms. The van der Waals surface area contributed by atoms with Gasteiger partial charge in [-0.25, -0.2) is 4.39 Å². The van der Waals surface area contributed by atoms with Gasteiger partial charge >= 0.3 is 5.84 Å². The third-order valence-electron chi connectivity index (χ3n) is 2.32. The number of rotatable bonds is 1. The van der Waals surface area contributed by atoms with Crippen molar-refractivity contribution >= 4 is 28.4 Å². The largest absolute Gasteiger partial charge is 0.432 e. The molecule has 0 saturated heterocycles. The van der Waals surface area contributed by atoms with Crippen molar-refractivity contribution in [3.8, 4) is 11.3 Å². The number of benzene rings is 1. The fourth-order valence-electron chi connectivity index (χ4n) is 1.55. The predicted molar refractivity (Wildman–Crippen MR) is 65.6 cm³/mol. The summed E-state index contributed by atoms with van der Waals surface area (Å²) in [6, 6.07) is 6.26. The average molecular weight is 328 g/mol. The third kappa shape index (κ3) is 1.42. The number of fused-ring (bicyclic) bond motifs is 1. The maximum atomic E-state index is 12.8. The lowest BCUT2D eigenvalue weighted by Crippen LogP contribution is -1.84. The van der Waals surface area contributed by atoms with E-state index in [9.17, 15) is 4.39 Å². The van der Waals surface area contributed by atoms with Crippen molar-refractivity contribution in [3.63, 3.8) is 0 Å². The molecule has 0 atom stereocenters. The van der Waals surface area contributed by atoms with Crippen LogP contribution in [0.2, 0.25) is 0 Å². The molecule has 2 heterocycles. The van der Waals surface area contributed by atoms with E-state index < -0.39 is 0 Å². The van der Waals surface area contributed by atoms with Gasteiger partial charge in [0.1, 0.15) is 21.5 Å². The van der Waals surface area contributed by atoms with Gasteiger partial charge in [-0.3, -0.25) is 4.40 Å². The first-order valence-electron chi connectivity index (χ1n) is 4.63. The molecule has 16 heavy (non-hydrogen) atoms. The smallest absolute Gasteiger partial charge is 0.307 e. The van der Waals surface area contributed by atoms with Gasteiger partial charge in [-0.1, -0.05) is 0 Å². The molecule has 0 N–H and O–H groups in total. The molecule has 3 nitrogen and oxygen atoms in total. The maximum Gasteiger partial charge on any atom is 0.307 e. The molecule has 0 amide bonds. The normalized spacial score (nSPS) is 11.1. The van der Waals surface area contributed by atoms with Crippen LogP contribution in [0.25, 0.3) is 17.1 Å². The van der Waals surface area contributed by atoms with Gasteiger partial charge < -0.3 is 4.42 Å². The van der Waals surface area contributed by atoms with Gasteiger partial charge in [0.25, 0.3) is 0 Å². The van der Waals surface area contributed by atoms with Crippen LogP contribution in [0.15, 0.2) is 41.1 Å². The molecule has 0 aliphatic carbocycles. The lowest BCUT2D eigenvalue weighted by atomic mass is 10.2. The Morgan fingerprint density at radius 1 is 1.25 bits per heavy atom. The van der Waals surface area contributed by atoms with Gasteiger partial charge in [-0.15, -0.1) is 0 Å². The van der Waals surface area contributed by atoms with Crippen molar-refractivity contribution in [2.45, 2.75) is 0 Å². The molecule has 0 unspecified atom stereocenters. The molecule has 1 aromatic carbocycles. The second-order valence-electron chi connectivity index (χ2n) is 3.31. The second-order valence-corrected chi connectivity index (χ2v) is 4.34. The highest BCUT2D eigenvalue weighted by Gasteiger charge is 2.13. The molecule has 0 bridgehead atoms. The molecule has 0 aliphatic rings. The van der Waals surface area contributed by atoms with Gasteiger partial charge in [-0.05, 0) is 46.9 Å². The maximum absolute atomic E-state index is 12.8. The Balaban J connectivity index is 2.21. The number of aromatic nitrogens is 2. The van der Waals surface area contributed by atoms with E-state index in [1.54, 1.807) is 24.6 Å². The standard InChI is InChI=1S/C11H6FIN2O/c12-8-3-1-7(2-4-8)9-10(13)15-5-6-16-11(15)14-9/h1-6H. The number of nitrogens with zero attached hydrogens (tertiary/aromatic N) is 2. The molecule has 0 aliphatic heterocycles. The summed E-state index contributed by atoms with van der Waals surface area (Å²) < 4.78 is 20.8. The molecule has 3 aromatic rings. The van der Waals surface area contributed by atoms with E-state index in [0.29, 0.717) is 5.84 Å². The predicted octanol–water partition coefficient (Wildman–Crippen LogP) is 3.34. The second kappa shape index (κ2) is 3.58. The lowest BCUT2D eigenvalue weighted by molar-refractivity contribution is 0.596. The zero-order chi connectivity index (χ0) is 11.1. The van der Waals surface area contributed by atoms with Crippen molar-refractivity contribution in [2.24, 2.45) is 0 Å². The third-order valence-corrected chi connectivity index (χ3v) is 3.35. The molecule has 0 saturated carbocycles. The fourth-order valence-corrected chi connectivity index (χ4v) is 2.35. The molecular formula is C11H6FIN2O. The number of halogens is 2. The van der Waals surface area contributed by atoms with Crippen LogP contribution < -0.4 is 0 Å². The van der Waals surface area contributed by atoms with Crippen LogP contribution in [0, 0.1) is 9.52 Å². The van der Waals surface area contributed by atoms with E-state index in [1.165, 1.54) is 12.1 Å². The number of oxazole rings is 1. The van der Waals surface area contributed by atoms with E-state index in [1.807, 2.05) is 4.40 Å². The molecule has 5 heteroatoms. The Hall–Kier alpha value is -1.37. The van der Waals surface area contributed by atoms with Crippen LogP contribution in [-0.4, -0.2) is 9.38 Å². The van der Waals surface area contributed by atoms with Crippen LogP contribution in [-0.2, 0) is 0 Å². The highest BCUT2D eigenvalue weighted by Crippen LogP contribution is 2.26. The van der Waals surface area contributed by atoms with Crippen molar-refractivity contribution in [1.82, 2.24) is 9.38 Å². The molecule has 0 radical (unpaired) electrons. The Labute approximate surface area is 104 Å². The number of hydrogen-bond acceptors (Lipinski definition) is 2. The van der Waals surface area contributed by atoms with E-state index in [-0.39, 0.29) is 5.82 Å². The quantitative estimate of drug-likeness (QED) is 0.642. The van der Waals surface area contributed by atoms with Gasteiger partial charge in [0, 0.05) is 11.8 Å². The van der Waals surface area contributed by atoms with Crippen molar-refractivity contribution in [2.75, 3.05) is 0 Å². The zero-order valence-electron chi connectivity index (χ0n) is 8.02. The van der Waals surface area contributed by atoms with E-state index in [2.05, 4.69) is 27.6 Å². The van der Waals surface area contributed by atoms with Gasteiger partial charge in [-0.2, -0.15) is 4.98 Å². The van der Waals surface area contributed by atoms with E-state index >= 15 is 0 Å². The molecule has 2 aromatic heterocycles. The summed E-state index contributed by atoms with van der Waals surface area (Å²) in [4.78, 5) is 4.34. The van der Waals surface area contributed by atoms with Gasteiger partial charge in [0.15, 0.2) is 0 Å². The minimum absolute atomic E-state index is 0.248. The van der Waals surface area contributed by atoms with Gasteiger partial charge in [0.05, 0.1) is 0 Å². The molecular weight excluding hydrogens is 322 g/mol. The van der Waals surface area contributed by atoms with Crippen LogP contribution >= 0.6 is 22.6 Å². The summed E-state index contributed by atoms with van der Waals surface area (Å²) in [7, 11) is 0. The minimum atomic E-state index is -0.248. The summed E-state index contributed by atoms with van der Waals surface area (Å²) in [6.45, 7) is 0. The number of imidazole rings is 1. The van der Waals surface area contributed by atoms with Crippen LogP contribution in [0.1, 0.15) is 0 Å². The van der Waals surface area contributed by atoms with Crippen LogP contribution in [0.4, 0.5) is 4.39 Å². The first kappa shape index (κ1) is 9.83. The molecule has 0 fully saturated rings. The highest BCUT2D eigenvalue weighted by molar-refractivity contribution is 14.1. The molecule has 3 rings (SSSR count). The highest BCUT2D eigenvalue weighted by atomic mass is 127. The summed E-state index contributed by atoms with van der Waals surface area (Å²) in [5, 5.41) is 0. The average Bonchev–Trinajstić information content (AvgIpc) is 2.84. The Morgan fingerprint density at radius 3 is 2.69 bits per heavy atom. The SMILES string of the molecule is Fc1ccc(-c2nc3occn3c2I)cc1. The Morgan fingerprint density at radius 2 is 2.00 bits per heavy atom. The first-order valence-corrected chi connectivity index (χ1v) is 5.70. The van der Waals surface area contributed by atoms with E-state index in [0.717, 1.165) is 15.0 Å². The van der Waals surface area contributed by atoms with Crippen molar-refractivity contribution < 1.29 is 8.81 Å². The topological polar surface area (TPSA) is 30.4 Å². The van der Waals surface area contributed by atoms with Crippen LogP contribution in [0.3, 0.4) is 0 Å². The Kier molecular flexibility index (Phi) is 2.20.